The van der Waals surface area contributed by atoms with Crippen molar-refractivity contribution >= 4 is 12.0 Å². The summed E-state index contributed by atoms with van der Waals surface area (Å²) in [5.74, 6) is -0.123. The topological polar surface area (TPSA) is 70.7 Å². The van der Waals surface area contributed by atoms with Gasteiger partial charge in [-0.15, -0.1) is 0 Å². The quantitative estimate of drug-likeness (QED) is 0.680. The van der Waals surface area contributed by atoms with E-state index >= 15 is 0 Å². The van der Waals surface area contributed by atoms with E-state index in [1.165, 1.54) is 12.8 Å². The van der Waals surface area contributed by atoms with Crippen LogP contribution in [-0.4, -0.2) is 49.1 Å². The maximum absolute atomic E-state index is 12.9. The molecule has 1 aliphatic carbocycles. The third kappa shape index (κ3) is 5.96. The number of likely N-dealkylation sites (N-methyl/N-ethyl adjacent to an activating group) is 1. The number of alkyl carbamates (subject to hydrolysis) is 1. The Bertz CT molecular complexity index is 627. The molecule has 0 heterocycles. The third-order valence-electron chi connectivity index (χ3n) is 6.06. The number of hydrogen-bond donors (Lipinski definition) is 2. The van der Waals surface area contributed by atoms with Gasteiger partial charge in [0.25, 0.3) is 0 Å². The second kappa shape index (κ2) is 10.5. The van der Waals surface area contributed by atoms with E-state index in [1.807, 2.05) is 44.2 Å². The van der Waals surface area contributed by atoms with Crippen LogP contribution in [-0.2, 0) is 16.1 Å². The molecule has 0 unspecified atom stereocenters. The van der Waals surface area contributed by atoms with Gasteiger partial charge in [0.1, 0.15) is 12.6 Å². The largest absolute Gasteiger partial charge is 0.445 e. The van der Waals surface area contributed by atoms with Crippen molar-refractivity contribution in [3.63, 3.8) is 0 Å². The lowest BCUT2D eigenvalue weighted by molar-refractivity contribution is -0.124. The van der Waals surface area contributed by atoms with Gasteiger partial charge >= 0.3 is 6.09 Å². The highest BCUT2D eigenvalue weighted by molar-refractivity contribution is 5.86. The smallest absolute Gasteiger partial charge is 0.408 e. The molecular weight excluding hydrogens is 354 g/mol. The number of amides is 2. The first kappa shape index (κ1) is 22.2. The van der Waals surface area contributed by atoms with Crippen molar-refractivity contribution in [3.8, 4) is 0 Å². The van der Waals surface area contributed by atoms with Crippen LogP contribution in [0.5, 0.6) is 0 Å². The van der Waals surface area contributed by atoms with E-state index in [0.29, 0.717) is 6.54 Å². The predicted octanol–water partition coefficient (Wildman–Crippen LogP) is 3.32. The molecular formula is C22H35N3O3. The lowest BCUT2D eigenvalue weighted by Crippen LogP contribution is -2.56. The maximum Gasteiger partial charge on any atom is 0.408 e. The van der Waals surface area contributed by atoms with Crippen LogP contribution in [0.25, 0.3) is 0 Å². The van der Waals surface area contributed by atoms with Crippen LogP contribution in [0.4, 0.5) is 4.79 Å². The average molecular weight is 390 g/mol. The zero-order valence-corrected chi connectivity index (χ0v) is 17.7. The van der Waals surface area contributed by atoms with Gasteiger partial charge in [-0.05, 0) is 38.4 Å². The molecule has 2 atom stereocenters. The maximum atomic E-state index is 12.9. The van der Waals surface area contributed by atoms with Gasteiger partial charge in [0.05, 0.1) is 0 Å². The lowest BCUT2D eigenvalue weighted by atomic mass is 9.94. The summed E-state index contributed by atoms with van der Waals surface area (Å²) in [6.45, 7) is 4.77. The Morgan fingerprint density at radius 3 is 2.39 bits per heavy atom. The van der Waals surface area contributed by atoms with Crippen molar-refractivity contribution < 1.29 is 14.3 Å². The minimum atomic E-state index is -0.603. The van der Waals surface area contributed by atoms with E-state index in [4.69, 9.17) is 4.74 Å². The number of benzene rings is 1. The van der Waals surface area contributed by atoms with Gasteiger partial charge < -0.3 is 20.3 Å². The Morgan fingerprint density at radius 1 is 1.18 bits per heavy atom. The summed E-state index contributed by atoms with van der Waals surface area (Å²) in [4.78, 5) is 27.4. The van der Waals surface area contributed by atoms with Crippen molar-refractivity contribution in [3.05, 3.63) is 35.9 Å². The molecule has 0 aliphatic heterocycles. The molecule has 0 spiro atoms. The van der Waals surface area contributed by atoms with Crippen molar-refractivity contribution in [1.82, 2.24) is 15.5 Å². The zero-order chi connectivity index (χ0) is 20.6. The van der Waals surface area contributed by atoms with Crippen LogP contribution in [0.3, 0.4) is 0 Å². The normalized spacial score (nSPS) is 17.8. The number of carbonyl (C=O) groups is 2. The molecule has 0 aromatic heterocycles. The number of nitrogens with zero attached hydrogens (tertiary/aromatic N) is 1. The Kier molecular flexibility index (Phi) is 8.30. The monoisotopic (exact) mass is 389 g/mol. The van der Waals surface area contributed by atoms with Crippen molar-refractivity contribution in [2.45, 2.75) is 64.1 Å². The van der Waals surface area contributed by atoms with E-state index in [1.54, 1.807) is 0 Å². The van der Waals surface area contributed by atoms with Crippen molar-refractivity contribution in [2.75, 3.05) is 20.6 Å². The van der Waals surface area contributed by atoms with Crippen LogP contribution >= 0.6 is 0 Å². The number of nitrogens with one attached hydrogen (secondary N) is 2. The number of ether oxygens (including phenoxy) is 1. The molecule has 0 radical (unpaired) electrons. The molecule has 156 valence electrons. The van der Waals surface area contributed by atoms with Gasteiger partial charge in [-0.25, -0.2) is 4.79 Å². The average Bonchev–Trinajstić information content (AvgIpc) is 3.19. The van der Waals surface area contributed by atoms with Crippen molar-refractivity contribution in [1.29, 1.82) is 0 Å². The second-order valence-electron chi connectivity index (χ2n) is 8.11. The van der Waals surface area contributed by atoms with Gasteiger partial charge in [0.15, 0.2) is 0 Å². The van der Waals surface area contributed by atoms with Crippen LogP contribution in [0.2, 0.25) is 0 Å². The second-order valence-corrected chi connectivity index (χ2v) is 8.11. The molecule has 1 aliphatic rings. The van der Waals surface area contributed by atoms with Crippen LogP contribution < -0.4 is 10.6 Å². The van der Waals surface area contributed by atoms with Gasteiger partial charge in [-0.3, -0.25) is 4.79 Å². The Labute approximate surface area is 169 Å². The molecule has 0 saturated heterocycles. The Morgan fingerprint density at radius 2 is 1.82 bits per heavy atom. The molecule has 1 fully saturated rings. The standard InChI is InChI=1S/C22H35N3O3/c1-5-17(2)19(24-21(27)28-15-18-11-7-6-8-12-18)20(26)23-16-22(25(3)4)13-9-10-14-22/h6-8,11-12,17,19H,5,9-10,13-16H2,1-4H3,(H,23,26)(H,24,27)/t17-,19-/m0/s1. The highest BCUT2D eigenvalue weighted by atomic mass is 16.5. The third-order valence-corrected chi connectivity index (χ3v) is 6.06. The molecule has 2 rings (SSSR count). The minimum absolute atomic E-state index is 0.0168. The summed E-state index contributed by atoms with van der Waals surface area (Å²) >= 11 is 0. The number of hydrogen-bond acceptors (Lipinski definition) is 4. The van der Waals surface area contributed by atoms with Gasteiger partial charge in [0, 0.05) is 12.1 Å². The van der Waals surface area contributed by atoms with E-state index in [2.05, 4.69) is 29.6 Å². The summed E-state index contributed by atoms with van der Waals surface area (Å²) in [7, 11) is 4.14. The lowest BCUT2D eigenvalue weighted by Gasteiger charge is -2.37. The molecule has 1 aromatic rings. The van der Waals surface area contributed by atoms with Crippen LogP contribution in [0, 0.1) is 5.92 Å². The highest BCUT2D eigenvalue weighted by Crippen LogP contribution is 2.33. The fourth-order valence-corrected chi connectivity index (χ4v) is 3.77. The summed E-state index contributed by atoms with van der Waals surface area (Å²) in [5, 5.41) is 5.86. The first-order valence-electron chi connectivity index (χ1n) is 10.3. The number of rotatable bonds is 9. The summed E-state index contributed by atoms with van der Waals surface area (Å²) < 4.78 is 5.30. The summed E-state index contributed by atoms with van der Waals surface area (Å²) in [5.41, 5.74) is 0.931. The van der Waals surface area contributed by atoms with E-state index in [-0.39, 0.29) is 24.0 Å². The van der Waals surface area contributed by atoms with Gasteiger partial charge in [0.2, 0.25) is 5.91 Å². The van der Waals surface area contributed by atoms with E-state index in [9.17, 15) is 9.59 Å². The Hall–Kier alpha value is -2.08. The summed E-state index contributed by atoms with van der Waals surface area (Å²) in [6, 6.07) is 8.90. The molecule has 28 heavy (non-hydrogen) atoms. The first-order chi connectivity index (χ1) is 13.4. The van der Waals surface area contributed by atoms with Crippen molar-refractivity contribution in [2.24, 2.45) is 5.92 Å². The van der Waals surface area contributed by atoms with Gasteiger partial charge in [-0.2, -0.15) is 0 Å². The molecule has 6 nitrogen and oxygen atoms in total. The molecule has 2 amide bonds. The number of carbonyl (C=O) groups excluding carboxylic acids is 2. The molecule has 6 heteroatoms. The highest BCUT2D eigenvalue weighted by Gasteiger charge is 2.37. The molecule has 2 N–H and O–H groups in total. The summed E-state index contributed by atoms with van der Waals surface area (Å²) in [6.07, 6.45) is 4.77. The first-order valence-corrected chi connectivity index (χ1v) is 10.3. The van der Waals surface area contributed by atoms with E-state index < -0.39 is 12.1 Å². The zero-order valence-electron chi connectivity index (χ0n) is 17.7. The fourth-order valence-electron chi connectivity index (χ4n) is 3.77. The van der Waals surface area contributed by atoms with Crippen LogP contribution in [0.15, 0.2) is 30.3 Å². The minimum Gasteiger partial charge on any atom is -0.445 e. The SMILES string of the molecule is CC[C@H](C)[C@H](NC(=O)OCc1ccccc1)C(=O)NCC1(N(C)C)CCCC1. The molecule has 0 bridgehead atoms. The molecule has 1 aromatic carbocycles. The van der Waals surface area contributed by atoms with Crippen LogP contribution in [0.1, 0.15) is 51.5 Å². The van der Waals surface area contributed by atoms with E-state index in [0.717, 1.165) is 24.8 Å². The van der Waals surface area contributed by atoms with Gasteiger partial charge in [-0.1, -0.05) is 63.4 Å². The predicted molar refractivity (Wildman–Crippen MR) is 111 cm³/mol. The molecule has 1 saturated carbocycles. The Balaban J connectivity index is 1.92. The fraction of sp³-hybridized carbons (Fsp3) is 0.636.